The molecule has 0 saturated heterocycles. The van der Waals surface area contributed by atoms with E-state index < -0.39 is 23.0 Å². The third-order valence-corrected chi connectivity index (χ3v) is 2.14. The van der Waals surface area contributed by atoms with E-state index in [0.29, 0.717) is 0 Å². The predicted molar refractivity (Wildman–Crippen MR) is 50.9 cm³/mol. The van der Waals surface area contributed by atoms with E-state index >= 15 is 0 Å². The number of H-pyrrole nitrogens is 1. The molecule has 6 heteroatoms. The number of nitrogens with one attached hydrogen (secondary N) is 1. The fourth-order valence-electron chi connectivity index (χ4n) is 1.30. The average Bonchev–Trinajstić information content (AvgIpc) is 2.77. The highest BCUT2D eigenvalue weighted by Gasteiger charge is 2.22. The molecule has 82 valence electrons. The summed E-state index contributed by atoms with van der Waals surface area (Å²) in [4.78, 5) is 15.2. The molecule has 0 aliphatic carbocycles. The van der Waals surface area contributed by atoms with Crippen LogP contribution in [0.3, 0.4) is 0 Å². The maximum Gasteiger partial charge on any atom is 0.235 e. The number of aryl methyl sites for hydroxylation is 1. The summed E-state index contributed by atoms with van der Waals surface area (Å²) >= 11 is 0. The number of carbonyl (C=O) groups is 1. The lowest BCUT2D eigenvalue weighted by Crippen LogP contribution is -2.10. The molecular weight excluding hydrogens is 216 g/mol. The summed E-state index contributed by atoms with van der Waals surface area (Å²) < 4.78 is 26.9. The van der Waals surface area contributed by atoms with Crippen molar-refractivity contribution < 1.29 is 13.6 Å². The van der Waals surface area contributed by atoms with Gasteiger partial charge in [-0.05, 0) is 18.6 Å². The van der Waals surface area contributed by atoms with Gasteiger partial charge in [0, 0.05) is 0 Å². The highest BCUT2D eigenvalue weighted by atomic mass is 19.1. The number of benzene rings is 1. The maximum atomic E-state index is 13.6. The topological polar surface area (TPSA) is 58.6 Å². The second kappa shape index (κ2) is 3.80. The maximum absolute atomic E-state index is 13.6. The number of nitrogens with zero attached hydrogens (tertiary/aromatic N) is 2. The lowest BCUT2D eigenvalue weighted by atomic mass is 10.1. The van der Waals surface area contributed by atoms with Gasteiger partial charge in [0.25, 0.3) is 0 Å². The Hall–Kier alpha value is -2.11. The van der Waals surface area contributed by atoms with Crippen molar-refractivity contribution in [3.05, 3.63) is 47.0 Å². The summed E-state index contributed by atoms with van der Waals surface area (Å²) in [5.41, 5.74) is -0.416. The van der Waals surface area contributed by atoms with Gasteiger partial charge in [0.15, 0.2) is 5.82 Å². The van der Waals surface area contributed by atoms with Gasteiger partial charge in [-0.1, -0.05) is 6.07 Å². The molecule has 0 saturated carbocycles. The Morgan fingerprint density at radius 3 is 2.75 bits per heavy atom. The number of hydrogen-bond donors (Lipinski definition) is 1. The molecule has 4 nitrogen and oxygen atoms in total. The number of aromatic amines is 1. The van der Waals surface area contributed by atoms with Crippen LogP contribution in [0.4, 0.5) is 8.78 Å². The van der Waals surface area contributed by atoms with E-state index in [4.69, 9.17) is 0 Å². The highest BCUT2D eigenvalue weighted by Crippen LogP contribution is 2.18. The van der Waals surface area contributed by atoms with Gasteiger partial charge in [0.2, 0.25) is 5.78 Å². The third kappa shape index (κ3) is 1.58. The van der Waals surface area contributed by atoms with Crippen LogP contribution in [0, 0.1) is 18.6 Å². The second-order valence-electron chi connectivity index (χ2n) is 3.22. The van der Waals surface area contributed by atoms with Crippen LogP contribution in [0.15, 0.2) is 18.5 Å². The van der Waals surface area contributed by atoms with Crippen LogP contribution in [0.5, 0.6) is 0 Å². The molecule has 1 aromatic carbocycles. The molecule has 0 aliphatic heterocycles. The molecule has 0 atom stereocenters. The summed E-state index contributed by atoms with van der Waals surface area (Å²) in [6.07, 6.45) is 1.10. The summed E-state index contributed by atoms with van der Waals surface area (Å²) in [5.74, 6) is -2.83. The van der Waals surface area contributed by atoms with Crippen LogP contribution in [0.25, 0.3) is 0 Å². The normalized spacial score (nSPS) is 10.4. The van der Waals surface area contributed by atoms with E-state index in [1.165, 1.54) is 13.0 Å². The van der Waals surface area contributed by atoms with Gasteiger partial charge in [-0.15, -0.1) is 0 Å². The molecule has 0 aliphatic rings. The summed E-state index contributed by atoms with van der Waals surface area (Å²) in [6, 6.07) is 2.31. The first kappa shape index (κ1) is 10.4. The van der Waals surface area contributed by atoms with E-state index in [1.54, 1.807) is 0 Å². The molecular formula is C10H7F2N3O. The van der Waals surface area contributed by atoms with Crippen LogP contribution >= 0.6 is 0 Å². The van der Waals surface area contributed by atoms with Crippen LogP contribution in [0.1, 0.15) is 21.7 Å². The lowest BCUT2D eigenvalue weighted by molar-refractivity contribution is 0.102. The number of aromatic nitrogens is 3. The van der Waals surface area contributed by atoms with Crippen LogP contribution in [-0.4, -0.2) is 21.0 Å². The van der Waals surface area contributed by atoms with Gasteiger partial charge in [-0.3, -0.25) is 9.89 Å². The number of ketones is 1. The third-order valence-electron chi connectivity index (χ3n) is 2.14. The summed E-state index contributed by atoms with van der Waals surface area (Å²) in [6.45, 7) is 1.45. The zero-order valence-electron chi connectivity index (χ0n) is 8.29. The first-order chi connectivity index (χ1) is 7.61. The van der Waals surface area contributed by atoms with Crippen molar-refractivity contribution in [1.29, 1.82) is 0 Å². The Morgan fingerprint density at radius 2 is 2.12 bits per heavy atom. The molecule has 0 spiro atoms. The van der Waals surface area contributed by atoms with E-state index in [-0.39, 0.29) is 11.4 Å². The molecule has 0 unspecified atom stereocenters. The van der Waals surface area contributed by atoms with E-state index in [9.17, 15) is 13.6 Å². The van der Waals surface area contributed by atoms with Crippen LogP contribution < -0.4 is 0 Å². The van der Waals surface area contributed by atoms with E-state index in [0.717, 1.165) is 12.4 Å². The van der Waals surface area contributed by atoms with E-state index in [2.05, 4.69) is 15.2 Å². The predicted octanol–water partition coefficient (Wildman–Crippen LogP) is 1.62. The minimum absolute atomic E-state index is 0.191. The summed E-state index contributed by atoms with van der Waals surface area (Å²) in [5, 5.41) is 5.71. The van der Waals surface area contributed by atoms with Crippen molar-refractivity contribution in [3.63, 3.8) is 0 Å². The smallest absolute Gasteiger partial charge is 0.235 e. The monoisotopic (exact) mass is 223 g/mol. The molecule has 0 radical (unpaired) electrons. The van der Waals surface area contributed by atoms with Gasteiger partial charge in [0.05, 0.1) is 5.56 Å². The van der Waals surface area contributed by atoms with Gasteiger partial charge in [0.1, 0.15) is 18.0 Å². The molecule has 1 aromatic heterocycles. The zero-order chi connectivity index (χ0) is 11.7. The largest absolute Gasteiger partial charge is 0.285 e. The molecule has 16 heavy (non-hydrogen) atoms. The van der Waals surface area contributed by atoms with Gasteiger partial charge in [-0.2, -0.15) is 5.10 Å². The molecule has 1 heterocycles. The SMILES string of the molecule is Cc1ccc(F)c(C(=O)c2ncn[nH]2)c1F. The molecule has 2 aromatic rings. The molecule has 2 rings (SSSR count). The Kier molecular flexibility index (Phi) is 2.47. The molecule has 0 fully saturated rings. The van der Waals surface area contributed by atoms with E-state index in [1.807, 2.05) is 0 Å². The van der Waals surface area contributed by atoms with Gasteiger partial charge >= 0.3 is 0 Å². The van der Waals surface area contributed by atoms with Crippen molar-refractivity contribution in [2.24, 2.45) is 0 Å². The fourth-order valence-corrected chi connectivity index (χ4v) is 1.30. The Labute approximate surface area is 89.3 Å². The number of hydrogen-bond acceptors (Lipinski definition) is 3. The number of halogens is 2. The average molecular weight is 223 g/mol. The van der Waals surface area contributed by atoms with Crippen molar-refractivity contribution in [2.45, 2.75) is 6.92 Å². The first-order valence-electron chi connectivity index (χ1n) is 4.46. The van der Waals surface area contributed by atoms with Crippen molar-refractivity contribution in [3.8, 4) is 0 Å². The quantitative estimate of drug-likeness (QED) is 0.787. The molecule has 1 N–H and O–H groups in total. The second-order valence-corrected chi connectivity index (χ2v) is 3.22. The highest BCUT2D eigenvalue weighted by molar-refractivity contribution is 6.06. The Bertz CT molecular complexity index is 537. The van der Waals surface area contributed by atoms with Crippen LogP contribution in [-0.2, 0) is 0 Å². The minimum atomic E-state index is -0.912. The molecule has 0 amide bonds. The Balaban J connectivity index is 2.56. The van der Waals surface area contributed by atoms with Crippen molar-refractivity contribution in [1.82, 2.24) is 15.2 Å². The standard InChI is InChI=1S/C10H7F2N3O/c1-5-2-3-6(11)7(8(5)12)9(16)10-13-4-14-15-10/h2-4H,1H3,(H,13,14,15). The van der Waals surface area contributed by atoms with Crippen molar-refractivity contribution in [2.75, 3.05) is 0 Å². The fraction of sp³-hybridized carbons (Fsp3) is 0.100. The number of carbonyl (C=O) groups excluding carboxylic acids is 1. The first-order valence-corrected chi connectivity index (χ1v) is 4.46. The Morgan fingerprint density at radius 1 is 1.38 bits per heavy atom. The van der Waals surface area contributed by atoms with Crippen LogP contribution in [0.2, 0.25) is 0 Å². The van der Waals surface area contributed by atoms with Gasteiger partial charge < -0.3 is 0 Å². The van der Waals surface area contributed by atoms with Crippen molar-refractivity contribution >= 4 is 5.78 Å². The lowest BCUT2D eigenvalue weighted by Gasteiger charge is -2.04. The summed E-state index contributed by atoms with van der Waals surface area (Å²) in [7, 11) is 0. The zero-order valence-corrected chi connectivity index (χ0v) is 8.29. The van der Waals surface area contributed by atoms with Gasteiger partial charge in [-0.25, -0.2) is 13.8 Å². The minimum Gasteiger partial charge on any atom is -0.285 e. The number of rotatable bonds is 2. The molecule has 0 bridgehead atoms.